The van der Waals surface area contributed by atoms with Crippen LogP contribution in [0, 0.1) is 0 Å². The molecule has 0 aliphatic carbocycles. The van der Waals surface area contributed by atoms with E-state index in [1.807, 2.05) is 6.92 Å². The number of carboxylic acids is 1. The predicted octanol–water partition coefficient (Wildman–Crippen LogP) is 2.05. The summed E-state index contributed by atoms with van der Waals surface area (Å²) < 4.78 is 4.96. The molecule has 0 aliphatic rings. The molecule has 0 amide bonds. The van der Waals surface area contributed by atoms with Crippen molar-refractivity contribution in [3.8, 4) is 5.88 Å². The minimum absolute atomic E-state index is 0.419. The molecule has 15 heavy (non-hydrogen) atoms. The standard InChI is InChI=1S/C10H13NO3S/c1-3-8(10(12)13)15-7-4-5-11-9(6-7)14-2/h4-6,8H,3H2,1-2H3,(H,12,13). The molecule has 0 aliphatic heterocycles. The maximum absolute atomic E-state index is 10.8. The van der Waals surface area contributed by atoms with Gasteiger partial charge >= 0.3 is 5.97 Å². The highest BCUT2D eigenvalue weighted by Gasteiger charge is 2.16. The van der Waals surface area contributed by atoms with Crippen LogP contribution >= 0.6 is 11.8 Å². The number of aromatic nitrogens is 1. The number of aliphatic carboxylic acids is 1. The molecule has 1 aromatic rings. The Bertz CT molecular complexity index is 343. The monoisotopic (exact) mass is 227 g/mol. The third-order valence-electron chi connectivity index (χ3n) is 1.84. The zero-order valence-corrected chi connectivity index (χ0v) is 9.45. The third kappa shape index (κ3) is 3.43. The summed E-state index contributed by atoms with van der Waals surface area (Å²) >= 11 is 1.31. The van der Waals surface area contributed by atoms with Crippen molar-refractivity contribution in [3.05, 3.63) is 18.3 Å². The Morgan fingerprint density at radius 1 is 1.73 bits per heavy atom. The van der Waals surface area contributed by atoms with Gasteiger partial charge in [-0.1, -0.05) is 6.92 Å². The van der Waals surface area contributed by atoms with Gasteiger partial charge in [-0.15, -0.1) is 11.8 Å². The fourth-order valence-corrected chi connectivity index (χ4v) is 1.95. The molecule has 1 heterocycles. The molecule has 1 atom stereocenters. The zero-order valence-electron chi connectivity index (χ0n) is 8.64. The number of carbonyl (C=O) groups is 1. The lowest BCUT2D eigenvalue weighted by atomic mass is 10.3. The van der Waals surface area contributed by atoms with E-state index in [2.05, 4.69) is 4.98 Å². The molecule has 1 aromatic heterocycles. The van der Waals surface area contributed by atoms with E-state index in [1.165, 1.54) is 18.9 Å². The van der Waals surface area contributed by atoms with Gasteiger partial charge in [0.1, 0.15) is 5.25 Å². The van der Waals surface area contributed by atoms with Gasteiger partial charge in [-0.2, -0.15) is 0 Å². The van der Waals surface area contributed by atoms with Crippen molar-refractivity contribution in [1.29, 1.82) is 0 Å². The second-order valence-corrected chi connectivity index (χ2v) is 4.16. The fraction of sp³-hybridized carbons (Fsp3) is 0.400. The maximum Gasteiger partial charge on any atom is 0.316 e. The summed E-state index contributed by atoms with van der Waals surface area (Å²) in [5.74, 6) is -0.293. The number of ether oxygens (including phenoxy) is 1. The quantitative estimate of drug-likeness (QED) is 0.780. The lowest BCUT2D eigenvalue weighted by Crippen LogP contribution is -2.14. The molecule has 0 saturated heterocycles. The highest BCUT2D eigenvalue weighted by Crippen LogP contribution is 2.27. The first-order valence-electron chi connectivity index (χ1n) is 4.57. The molecule has 82 valence electrons. The topological polar surface area (TPSA) is 59.4 Å². The predicted molar refractivity (Wildman–Crippen MR) is 58.4 cm³/mol. The fourth-order valence-electron chi connectivity index (χ4n) is 1.05. The average Bonchev–Trinajstić information content (AvgIpc) is 2.25. The molecular weight excluding hydrogens is 214 g/mol. The van der Waals surface area contributed by atoms with Crippen LogP contribution in [0.3, 0.4) is 0 Å². The number of methoxy groups -OCH3 is 1. The second kappa shape index (κ2) is 5.60. The largest absolute Gasteiger partial charge is 0.481 e. The molecule has 1 rings (SSSR count). The van der Waals surface area contributed by atoms with Gasteiger partial charge in [-0.05, 0) is 12.5 Å². The highest BCUT2D eigenvalue weighted by atomic mass is 32.2. The molecule has 0 aromatic carbocycles. The summed E-state index contributed by atoms with van der Waals surface area (Å²) in [6.07, 6.45) is 2.19. The van der Waals surface area contributed by atoms with Crippen LogP contribution in [0.25, 0.3) is 0 Å². The summed E-state index contributed by atoms with van der Waals surface area (Å²) in [7, 11) is 1.53. The van der Waals surface area contributed by atoms with Gasteiger partial charge in [0.2, 0.25) is 5.88 Å². The summed E-state index contributed by atoms with van der Waals surface area (Å²) in [4.78, 5) is 15.6. The van der Waals surface area contributed by atoms with Crippen LogP contribution in [-0.2, 0) is 4.79 Å². The van der Waals surface area contributed by atoms with E-state index in [9.17, 15) is 4.79 Å². The number of carboxylic acid groups (broad SMARTS) is 1. The molecule has 0 radical (unpaired) electrons. The molecule has 0 bridgehead atoms. The Balaban J connectivity index is 2.74. The van der Waals surface area contributed by atoms with Gasteiger partial charge in [-0.25, -0.2) is 4.98 Å². The van der Waals surface area contributed by atoms with E-state index in [4.69, 9.17) is 9.84 Å². The Morgan fingerprint density at radius 3 is 3.00 bits per heavy atom. The molecule has 4 nitrogen and oxygen atoms in total. The van der Waals surface area contributed by atoms with Crippen LogP contribution in [0.1, 0.15) is 13.3 Å². The van der Waals surface area contributed by atoms with Gasteiger partial charge < -0.3 is 9.84 Å². The summed E-state index contributed by atoms with van der Waals surface area (Å²) in [5.41, 5.74) is 0. The van der Waals surface area contributed by atoms with Crippen molar-refractivity contribution in [2.45, 2.75) is 23.5 Å². The van der Waals surface area contributed by atoms with Crippen molar-refractivity contribution in [1.82, 2.24) is 4.98 Å². The number of thioether (sulfide) groups is 1. The molecule has 0 fully saturated rings. The van der Waals surface area contributed by atoms with Gasteiger partial charge in [0, 0.05) is 17.2 Å². The Labute approximate surface area is 92.7 Å². The summed E-state index contributed by atoms with van der Waals surface area (Å²) in [6.45, 7) is 1.85. The first-order valence-corrected chi connectivity index (χ1v) is 5.44. The highest BCUT2D eigenvalue weighted by molar-refractivity contribution is 8.00. The molecular formula is C10H13NO3S. The van der Waals surface area contributed by atoms with Crippen LogP contribution in [0.2, 0.25) is 0 Å². The number of hydrogen-bond donors (Lipinski definition) is 1. The first-order chi connectivity index (χ1) is 7.17. The average molecular weight is 227 g/mol. The van der Waals surface area contributed by atoms with Crippen LogP contribution in [0.15, 0.2) is 23.2 Å². The Kier molecular flexibility index (Phi) is 4.42. The summed E-state index contributed by atoms with van der Waals surface area (Å²) in [5, 5.41) is 8.47. The number of nitrogens with zero attached hydrogens (tertiary/aromatic N) is 1. The smallest absolute Gasteiger partial charge is 0.316 e. The lowest BCUT2D eigenvalue weighted by molar-refractivity contribution is -0.136. The second-order valence-electron chi connectivity index (χ2n) is 2.89. The SMILES string of the molecule is CCC(Sc1ccnc(OC)c1)C(=O)O. The minimum Gasteiger partial charge on any atom is -0.481 e. The molecule has 1 N–H and O–H groups in total. The van der Waals surface area contributed by atoms with E-state index in [-0.39, 0.29) is 0 Å². The van der Waals surface area contributed by atoms with E-state index in [0.717, 1.165) is 4.90 Å². The molecule has 0 saturated carbocycles. The Hall–Kier alpha value is -1.23. The van der Waals surface area contributed by atoms with Crippen molar-refractivity contribution in [2.75, 3.05) is 7.11 Å². The maximum atomic E-state index is 10.8. The first kappa shape index (κ1) is 11.8. The Morgan fingerprint density at radius 2 is 2.47 bits per heavy atom. The van der Waals surface area contributed by atoms with Crippen molar-refractivity contribution >= 4 is 17.7 Å². The molecule has 0 spiro atoms. The zero-order chi connectivity index (χ0) is 11.3. The lowest BCUT2D eigenvalue weighted by Gasteiger charge is -2.09. The summed E-state index contributed by atoms with van der Waals surface area (Å²) in [6, 6.07) is 3.51. The number of rotatable bonds is 5. The normalized spacial score (nSPS) is 12.1. The van der Waals surface area contributed by atoms with Gasteiger partial charge in [-0.3, -0.25) is 4.79 Å². The van der Waals surface area contributed by atoms with Crippen LogP contribution in [0.5, 0.6) is 5.88 Å². The third-order valence-corrected chi connectivity index (χ3v) is 3.19. The van der Waals surface area contributed by atoms with Crippen LogP contribution in [0.4, 0.5) is 0 Å². The minimum atomic E-state index is -0.793. The molecule has 1 unspecified atom stereocenters. The number of hydrogen-bond acceptors (Lipinski definition) is 4. The van der Waals surface area contributed by atoms with Crippen LogP contribution in [-0.4, -0.2) is 28.4 Å². The van der Waals surface area contributed by atoms with Gasteiger partial charge in [0.05, 0.1) is 7.11 Å². The van der Waals surface area contributed by atoms with E-state index in [1.54, 1.807) is 18.3 Å². The van der Waals surface area contributed by atoms with Crippen LogP contribution < -0.4 is 4.74 Å². The van der Waals surface area contributed by atoms with Crippen molar-refractivity contribution in [3.63, 3.8) is 0 Å². The molecule has 5 heteroatoms. The van der Waals surface area contributed by atoms with Gasteiger partial charge in [0.15, 0.2) is 0 Å². The van der Waals surface area contributed by atoms with E-state index in [0.29, 0.717) is 12.3 Å². The van der Waals surface area contributed by atoms with Gasteiger partial charge in [0.25, 0.3) is 0 Å². The van der Waals surface area contributed by atoms with Crippen molar-refractivity contribution in [2.24, 2.45) is 0 Å². The van der Waals surface area contributed by atoms with E-state index >= 15 is 0 Å². The van der Waals surface area contributed by atoms with E-state index < -0.39 is 11.2 Å². The number of pyridine rings is 1. The van der Waals surface area contributed by atoms with Crippen molar-refractivity contribution < 1.29 is 14.6 Å².